The average molecular weight is 363 g/mol. The van der Waals surface area contributed by atoms with E-state index in [0.29, 0.717) is 25.4 Å². The lowest BCUT2D eigenvalue weighted by atomic mass is 10.0. The van der Waals surface area contributed by atoms with Crippen LogP contribution in [-0.4, -0.2) is 53.8 Å². The minimum Gasteiger partial charge on any atom is -0.356 e. The summed E-state index contributed by atoms with van der Waals surface area (Å²) in [6, 6.07) is 6.90. The molecule has 0 aromatic heterocycles. The lowest BCUT2D eigenvalue weighted by Gasteiger charge is -2.34. The molecule has 1 aliphatic rings. The van der Waals surface area contributed by atoms with E-state index in [1.165, 1.54) is 19.1 Å². The standard InChI is InChI=1S/C20H30FN3O2/c1-15(2)19-14-24(20(26)9-10-22-16(3)25)12-4-11-23(19)13-17-5-7-18(21)8-6-17/h5-8,15,19H,4,9-14H2,1-3H3,(H,22,25)/t19-/m0/s1. The Labute approximate surface area is 155 Å². The molecule has 2 rings (SSSR count). The summed E-state index contributed by atoms with van der Waals surface area (Å²) in [5.41, 5.74) is 1.09. The van der Waals surface area contributed by atoms with Gasteiger partial charge in [0.05, 0.1) is 0 Å². The molecule has 0 saturated carbocycles. The molecule has 6 heteroatoms. The molecule has 0 radical (unpaired) electrons. The van der Waals surface area contributed by atoms with Gasteiger partial charge >= 0.3 is 0 Å². The van der Waals surface area contributed by atoms with Crippen LogP contribution in [0.3, 0.4) is 0 Å². The fourth-order valence-electron chi connectivity index (χ4n) is 3.45. The Morgan fingerprint density at radius 2 is 1.92 bits per heavy atom. The van der Waals surface area contributed by atoms with Crippen LogP contribution in [0.25, 0.3) is 0 Å². The van der Waals surface area contributed by atoms with Crippen LogP contribution in [0.15, 0.2) is 24.3 Å². The smallest absolute Gasteiger partial charge is 0.224 e. The van der Waals surface area contributed by atoms with Gasteiger partial charge in [0.15, 0.2) is 0 Å². The Kier molecular flexibility index (Phi) is 7.57. The molecule has 1 atom stereocenters. The SMILES string of the molecule is CC(=O)NCCC(=O)N1CCCN(Cc2ccc(F)cc2)[C@H](C(C)C)C1. The van der Waals surface area contributed by atoms with Crippen molar-refractivity contribution in [1.82, 2.24) is 15.1 Å². The number of hydrogen-bond acceptors (Lipinski definition) is 3. The summed E-state index contributed by atoms with van der Waals surface area (Å²) in [6.45, 7) is 9.29. The summed E-state index contributed by atoms with van der Waals surface area (Å²) in [7, 11) is 0. The number of rotatable bonds is 6. The quantitative estimate of drug-likeness (QED) is 0.844. The first-order chi connectivity index (χ1) is 12.4. The second-order valence-electron chi connectivity index (χ2n) is 7.33. The summed E-state index contributed by atoms with van der Waals surface area (Å²) in [4.78, 5) is 27.8. The predicted molar refractivity (Wildman–Crippen MR) is 99.9 cm³/mol. The largest absolute Gasteiger partial charge is 0.356 e. The molecule has 1 heterocycles. The molecule has 0 bridgehead atoms. The van der Waals surface area contributed by atoms with Crippen LogP contribution in [0, 0.1) is 11.7 Å². The van der Waals surface area contributed by atoms with Crippen LogP contribution >= 0.6 is 0 Å². The Balaban J connectivity index is 2.00. The average Bonchev–Trinajstić information content (AvgIpc) is 2.79. The van der Waals surface area contributed by atoms with Crippen molar-refractivity contribution in [3.05, 3.63) is 35.6 Å². The molecular weight excluding hydrogens is 333 g/mol. The second kappa shape index (κ2) is 9.67. The third kappa shape index (κ3) is 6.09. The molecule has 2 amide bonds. The van der Waals surface area contributed by atoms with Crippen LogP contribution in [0.1, 0.15) is 39.2 Å². The first kappa shape index (κ1) is 20.4. The van der Waals surface area contributed by atoms with Crippen LogP contribution in [0.5, 0.6) is 0 Å². The molecular formula is C20H30FN3O2. The summed E-state index contributed by atoms with van der Waals surface area (Å²) in [5, 5.41) is 2.68. The third-order valence-electron chi connectivity index (χ3n) is 4.88. The Morgan fingerprint density at radius 1 is 1.23 bits per heavy atom. The molecule has 26 heavy (non-hydrogen) atoms. The summed E-state index contributed by atoms with van der Waals surface area (Å²) < 4.78 is 13.1. The van der Waals surface area contributed by atoms with E-state index in [0.717, 1.165) is 31.6 Å². The Bertz CT molecular complexity index is 604. The zero-order chi connectivity index (χ0) is 19.1. The van der Waals surface area contributed by atoms with Crippen LogP contribution in [-0.2, 0) is 16.1 Å². The van der Waals surface area contributed by atoms with Crippen molar-refractivity contribution in [3.8, 4) is 0 Å². The fourth-order valence-corrected chi connectivity index (χ4v) is 3.45. The van der Waals surface area contributed by atoms with E-state index in [4.69, 9.17) is 0 Å². The van der Waals surface area contributed by atoms with Crippen molar-refractivity contribution in [2.45, 2.75) is 46.2 Å². The van der Waals surface area contributed by atoms with E-state index in [1.807, 2.05) is 17.0 Å². The van der Waals surface area contributed by atoms with Gasteiger partial charge in [-0.25, -0.2) is 4.39 Å². The van der Waals surface area contributed by atoms with Crippen LogP contribution in [0.4, 0.5) is 4.39 Å². The second-order valence-corrected chi connectivity index (χ2v) is 7.33. The molecule has 1 aliphatic heterocycles. The van der Waals surface area contributed by atoms with Gasteiger partial charge in [-0.2, -0.15) is 0 Å². The third-order valence-corrected chi connectivity index (χ3v) is 4.88. The minimum absolute atomic E-state index is 0.0908. The first-order valence-electron chi connectivity index (χ1n) is 9.37. The van der Waals surface area contributed by atoms with Gasteiger partial charge in [-0.05, 0) is 30.0 Å². The van der Waals surface area contributed by atoms with Gasteiger partial charge in [0, 0.05) is 52.1 Å². The zero-order valence-electron chi connectivity index (χ0n) is 16.0. The molecule has 1 saturated heterocycles. The van der Waals surface area contributed by atoms with Crippen LogP contribution in [0.2, 0.25) is 0 Å². The fraction of sp³-hybridized carbons (Fsp3) is 0.600. The molecule has 1 N–H and O–H groups in total. The highest BCUT2D eigenvalue weighted by atomic mass is 19.1. The maximum atomic E-state index is 13.1. The Hall–Kier alpha value is -1.95. The summed E-state index contributed by atoms with van der Waals surface area (Å²) in [5.74, 6) is 0.160. The van der Waals surface area contributed by atoms with E-state index < -0.39 is 0 Å². The normalized spacial score (nSPS) is 18.7. The van der Waals surface area contributed by atoms with E-state index in [-0.39, 0.29) is 23.7 Å². The molecule has 0 spiro atoms. The number of carbonyl (C=O) groups excluding carboxylic acids is 2. The molecule has 1 aromatic carbocycles. The van der Waals surface area contributed by atoms with Gasteiger partial charge in [-0.15, -0.1) is 0 Å². The highest BCUT2D eigenvalue weighted by Gasteiger charge is 2.29. The van der Waals surface area contributed by atoms with Crippen molar-refractivity contribution >= 4 is 11.8 Å². The highest BCUT2D eigenvalue weighted by Crippen LogP contribution is 2.20. The van der Waals surface area contributed by atoms with Gasteiger partial charge in [0.1, 0.15) is 5.82 Å². The van der Waals surface area contributed by atoms with Crippen molar-refractivity contribution in [2.75, 3.05) is 26.2 Å². The Morgan fingerprint density at radius 3 is 2.54 bits per heavy atom. The number of amides is 2. The van der Waals surface area contributed by atoms with Gasteiger partial charge in [-0.3, -0.25) is 14.5 Å². The van der Waals surface area contributed by atoms with Gasteiger partial charge in [0.2, 0.25) is 11.8 Å². The number of nitrogens with one attached hydrogen (secondary N) is 1. The molecule has 0 aliphatic carbocycles. The first-order valence-corrected chi connectivity index (χ1v) is 9.37. The molecule has 0 unspecified atom stereocenters. The van der Waals surface area contributed by atoms with Crippen molar-refractivity contribution < 1.29 is 14.0 Å². The van der Waals surface area contributed by atoms with Gasteiger partial charge in [0.25, 0.3) is 0 Å². The number of benzene rings is 1. The van der Waals surface area contributed by atoms with E-state index in [9.17, 15) is 14.0 Å². The number of nitrogens with zero attached hydrogens (tertiary/aromatic N) is 2. The van der Waals surface area contributed by atoms with Crippen LogP contribution < -0.4 is 5.32 Å². The molecule has 5 nitrogen and oxygen atoms in total. The number of carbonyl (C=O) groups is 2. The van der Waals surface area contributed by atoms with Gasteiger partial charge < -0.3 is 10.2 Å². The number of halogens is 1. The molecule has 144 valence electrons. The summed E-state index contributed by atoms with van der Waals surface area (Å²) >= 11 is 0. The number of hydrogen-bond donors (Lipinski definition) is 1. The highest BCUT2D eigenvalue weighted by molar-refractivity contribution is 5.78. The molecule has 1 fully saturated rings. The minimum atomic E-state index is -0.221. The monoisotopic (exact) mass is 363 g/mol. The topological polar surface area (TPSA) is 52.7 Å². The van der Waals surface area contributed by atoms with Crippen molar-refractivity contribution in [1.29, 1.82) is 0 Å². The van der Waals surface area contributed by atoms with E-state index in [1.54, 1.807) is 0 Å². The predicted octanol–water partition coefficient (Wildman–Crippen LogP) is 2.41. The van der Waals surface area contributed by atoms with E-state index >= 15 is 0 Å². The summed E-state index contributed by atoms with van der Waals surface area (Å²) in [6.07, 6.45) is 1.25. The van der Waals surface area contributed by atoms with Crippen molar-refractivity contribution in [2.24, 2.45) is 5.92 Å². The zero-order valence-corrected chi connectivity index (χ0v) is 16.0. The van der Waals surface area contributed by atoms with Crippen molar-refractivity contribution in [3.63, 3.8) is 0 Å². The molecule has 1 aromatic rings. The lowest BCUT2D eigenvalue weighted by Crippen LogP contribution is -2.46. The van der Waals surface area contributed by atoms with E-state index in [2.05, 4.69) is 24.1 Å². The van der Waals surface area contributed by atoms with Gasteiger partial charge in [-0.1, -0.05) is 26.0 Å². The maximum Gasteiger partial charge on any atom is 0.224 e. The lowest BCUT2D eigenvalue weighted by molar-refractivity contribution is -0.131. The maximum absolute atomic E-state index is 13.1.